The molecular formula is C13H23NO3. The number of carboxylic acid groups (broad SMARTS) is 1. The highest BCUT2D eigenvalue weighted by molar-refractivity contribution is 5.74. The van der Waals surface area contributed by atoms with Gasteiger partial charge in [-0.15, -0.1) is 0 Å². The fourth-order valence-electron chi connectivity index (χ4n) is 2.94. The van der Waals surface area contributed by atoms with Gasteiger partial charge in [0.1, 0.15) is 6.04 Å². The van der Waals surface area contributed by atoms with Crippen LogP contribution in [-0.4, -0.2) is 35.4 Å². The Labute approximate surface area is 103 Å². The largest absolute Gasteiger partial charge is 0.480 e. The van der Waals surface area contributed by atoms with Gasteiger partial charge in [0, 0.05) is 6.04 Å². The van der Waals surface area contributed by atoms with Crippen molar-refractivity contribution in [3.05, 3.63) is 0 Å². The Hall–Kier alpha value is -0.610. The van der Waals surface area contributed by atoms with Crippen LogP contribution in [0.3, 0.4) is 0 Å². The molecule has 1 aliphatic heterocycles. The normalized spacial score (nSPS) is 32.5. The molecule has 0 amide bonds. The fourth-order valence-corrected chi connectivity index (χ4v) is 2.94. The minimum atomic E-state index is -0.769. The summed E-state index contributed by atoms with van der Waals surface area (Å²) < 4.78 is 5.68. The van der Waals surface area contributed by atoms with Crippen LogP contribution < -0.4 is 5.32 Å². The monoisotopic (exact) mass is 241 g/mol. The molecule has 4 heteroatoms. The quantitative estimate of drug-likeness (QED) is 0.789. The summed E-state index contributed by atoms with van der Waals surface area (Å²) >= 11 is 0. The third-order valence-corrected chi connectivity index (χ3v) is 3.92. The average Bonchev–Trinajstić information content (AvgIpc) is 2.73. The Bertz CT molecular complexity index is 263. The van der Waals surface area contributed by atoms with Crippen LogP contribution in [0.15, 0.2) is 0 Å². The first-order valence-electron chi connectivity index (χ1n) is 6.81. The summed E-state index contributed by atoms with van der Waals surface area (Å²) in [6, 6.07) is -0.160. The standard InChI is InChI=1S/C13H23NO3/c1-9-7-8-11(17-9)12(13(15)16)14-10-5-3-2-4-6-10/h9-12,14H,2-8H2,1H3,(H,15,16). The lowest BCUT2D eigenvalue weighted by atomic mass is 9.94. The van der Waals surface area contributed by atoms with E-state index in [4.69, 9.17) is 4.74 Å². The van der Waals surface area contributed by atoms with Gasteiger partial charge in [0.2, 0.25) is 0 Å². The number of carboxylic acids is 1. The average molecular weight is 241 g/mol. The van der Waals surface area contributed by atoms with Gasteiger partial charge in [-0.25, -0.2) is 0 Å². The highest BCUT2D eigenvalue weighted by Crippen LogP contribution is 2.24. The molecule has 0 aromatic rings. The van der Waals surface area contributed by atoms with Gasteiger partial charge in [-0.05, 0) is 32.6 Å². The highest BCUT2D eigenvalue weighted by atomic mass is 16.5. The lowest BCUT2D eigenvalue weighted by Crippen LogP contribution is -2.50. The molecule has 1 saturated carbocycles. The zero-order chi connectivity index (χ0) is 12.3. The van der Waals surface area contributed by atoms with E-state index in [1.54, 1.807) is 0 Å². The van der Waals surface area contributed by atoms with Gasteiger partial charge in [-0.3, -0.25) is 10.1 Å². The zero-order valence-electron chi connectivity index (χ0n) is 10.5. The second-order valence-electron chi connectivity index (χ2n) is 5.38. The SMILES string of the molecule is CC1CCC(C(NC2CCCCC2)C(=O)O)O1. The molecule has 0 bridgehead atoms. The fraction of sp³-hybridized carbons (Fsp3) is 0.923. The van der Waals surface area contributed by atoms with E-state index >= 15 is 0 Å². The lowest BCUT2D eigenvalue weighted by molar-refractivity contribution is -0.143. The predicted octanol–water partition coefficient (Wildman–Crippen LogP) is 1.93. The Morgan fingerprint density at radius 2 is 1.94 bits per heavy atom. The van der Waals surface area contributed by atoms with Crippen LogP contribution in [0, 0.1) is 0 Å². The molecule has 3 unspecified atom stereocenters. The topological polar surface area (TPSA) is 58.6 Å². The summed E-state index contributed by atoms with van der Waals surface area (Å²) in [6.07, 6.45) is 7.81. The third-order valence-electron chi connectivity index (χ3n) is 3.92. The van der Waals surface area contributed by atoms with Crippen molar-refractivity contribution < 1.29 is 14.6 Å². The first-order chi connectivity index (χ1) is 8.16. The van der Waals surface area contributed by atoms with Crippen molar-refractivity contribution in [3.8, 4) is 0 Å². The van der Waals surface area contributed by atoms with Gasteiger partial charge in [0.15, 0.2) is 0 Å². The number of rotatable bonds is 4. The molecule has 1 saturated heterocycles. The molecule has 2 N–H and O–H groups in total. The maximum absolute atomic E-state index is 11.3. The predicted molar refractivity (Wildman–Crippen MR) is 65.0 cm³/mol. The summed E-state index contributed by atoms with van der Waals surface area (Å²) in [6.45, 7) is 2.01. The van der Waals surface area contributed by atoms with E-state index < -0.39 is 12.0 Å². The molecule has 0 radical (unpaired) electrons. The second kappa shape index (κ2) is 5.83. The Morgan fingerprint density at radius 3 is 2.47 bits per heavy atom. The van der Waals surface area contributed by atoms with E-state index in [1.165, 1.54) is 19.3 Å². The van der Waals surface area contributed by atoms with Crippen LogP contribution in [0.25, 0.3) is 0 Å². The Kier molecular flexibility index (Phi) is 4.40. The van der Waals surface area contributed by atoms with Crippen molar-refractivity contribution in [2.45, 2.75) is 76.2 Å². The molecule has 98 valence electrons. The molecule has 0 aromatic carbocycles. The van der Waals surface area contributed by atoms with E-state index in [0.717, 1.165) is 25.7 Å². The molecule has 17 heavy (non-hydrogen) atoms. The van der Waals surface area contributed by atoms with E-state index in [1.807, 2.05) is 6.92 Å². The second-order valence-corrected chi connectivity index (χ2v) is 5.38. The van der Waals surface area contributed by atoms with Crippen LogP contribution in [0.2, 0.25) is 0 Å². The van der Waals surface area contributed by atoms with Crippen LogP contribution in [0.4, 0.5) is 0 Å². The Morgan fingerprint density at radius 1 is 1.24 bits per heavy atom. The first kappa shape index (κ1) is 12.8. The van der Waals surface area contributed by atoms with Gasteiger partial charge in [0.25, 0.3) is 0 Å². The number of carbonyl (C=O) groups is 1. The number of hydrogen-bond acceptors (Lipinski definition) is 3. The summed E-state index contributed by atoms with van der Waals surface area (Å²) in [5.41, 5.74) is 0. The van der Waals surface area contributed by atoms with Crippen LogP contribution >= 0.6 is 0 Å². The van der Waals surface area contributed by atoms with Gasteiger partial charge >= 0.3 is 5.97 Å². The molecule has 2 fully saturated rings. The van der Waals surface area contributed by atoms with Gasteiger partial charge in [-0.2, -0.15) is 0 Å². The molecule has 0 spiro atoms. The van der Waals surface area contributed by atoms with Gasteiger partial charge in [-0.1, -0.05) is 19.3 Å². The molecule has 4 nitrogen and oxygen atoms in total. The summed E-state index contributed by atoms with van der Waals surface area (Å²) in [5, 5.41) is 12.6. The number of aliphatic carboxylic acids is 1. The third kappa shape index (κ3) is 3.42. The zero-order valence-corrected chi connectivity index (χ0v) is 10.5. The van der Waals surface area contributed by atoms with Gasteiger partial charge in [0.05, 0.1) is 12.2 Å². The van der Waals surface area contributed by atoms with Crippen molar-refractivity contribution in [1.82, 2.24) is 5.32 Å². The van der Waals surface area contributed by atoms with Crippen molar-refractivity contribution in [1.29, 1.82) is 0 Å². The molecular weight excluding hydrogens is 218 g/mol. The minimum Gasteiger partial charge on any atom is -0.480 e. The van der Waals surface area contributed by atoms with Crippen LogP contribution in [0.1, 0.15) is 51.9 Å². The number of ether oxygens (including phenoxy) is 1. The van der Waals surface area contributed by atoms with E-state index in [9.17, 15) is 9.90 Å². The number of hydrogen-bond donors (Lipinski definition) is 2. The maximum atomic E-state index is 11.3. The molecule has 1 aliphatic carbocycles. The van der Waals surface area contributed by atoms with Gasteiger partial charge < -0.3 is 9.84 Å². The Balaban J connectivity index is 1.90. The summed E-state index contributed by atoms with van der Waals surface area (Å²) in [5.74, 6) is -0.769. The van der Waals surface area contributed by atoms with Crippen molar-refractivity contribution in [3.63, 3.8) is 0 Å². The lowest BCUT2D eigenvalue weighted by Gasteiger charge is -2.29. The molecule has 3 atom stereocenters. The summed E-state index contributed by atoms with van der Waals surface area (Å²) in [7, 11) is 0. The van der Waals surface area contributed by atoms with Crippen LogP contribution in [0.5, 0.6) is 0 Å². The van der Waals surface area contributed by atoms with E-state index in [-0.39, 0.29) is 12.2 Å². The highest BCUT2D eigenvalue weighted by Gasteiger charge is 2.35. The molecule has 2 aliphatic rings. The maximum Gasteiger partial charge on any atom is 0.323 e. The van der Waals surface area contributed by atoms with Crippen molar-refractivity contribution in [2.24, 2.45) is 0 Å². The first-order valence-corrected chi connectivity index (χ1v) is 6.81. The smallest absolute Gasteiger partial charge is 0.323 e. The van der Waals surface area contributed by atoms with Crippen molar-refractivity contribution in [2.75, 3.05) is 0 Å². The summed E-state index contributed by atoms with van der Waals surface area (Å²) in [4.78, 5) is 11.3. The molecule has 2 rings (SSSR count). The van der Waals surface area contributed by atoms with Crippen LogP contribution in [-0.2, 0) is 9.53 Å². The number of nitrogens with one attached hydrogen (secondary N) is 1. The van der Waals surface area contributed by atoms with Crippen molar-refractivity contribution >= 4 is 5.97 Å². The van der Waals surface area contributed by atoms with E-state index in [2.05, 4.69) is 5.32 Å². The minimum absolute atomic E-state index is 0.149. The molecule has 1 heterocycles. The molecule has 0 aromatic heterocycles. The van der Waals surface area contributed by atoms with E-state index in [0.29, 0.717) is 6.04 Å².